The van der Waals surface area contributed by atoms with Gasteiger partial charge in [0, 0.05) is 20.1 Å². The van der Waals surface area contributed by atoms with E-state index in [9.17, 15) is 9.59 Å². The molecule has 0 bridgehead atoms. The van der Waals surface area contributed by atoms with Crippen molar-refractivity contribution in [3.05, 3.63) is 58.3 Å². The number of hydrogen-bond acceptors (Lipinski definition) is 5. The number of amides is 1. The van der Waals surface area contributed by atoms with Crippen LogP contribution in [0.1, 0.15) is 30.4 Å². The van der Waals surface area contributed by atoms with E-state index < -0.39 is 0 Å². The van der Waals surface area contributed by atoms with Gasteiger partial charge in [-0.15, -0.1) is 0 Å². The van der Waals surface area contributed by atoms with Gasteiger partial charge in [-0.2, -0.15) is 5.10 Å². The van der Waals surface area contributed by atoms with E-state index in [-0.39, 0.29) is 18.0 Å². The Kier molecular flexibility index (Phi) is 5.71. The molecule has 4 rings (SSSR count). The van der Waals surface area contributed by atoms with Gasteiger partial charge in [0.1, 0.15) is 18.3 Å². The molecule has 1 amide bonds. The number of rotatable bonds is 6. The summed E-state index contributed by atoms with van der Waals surface area (Å²) in [6, 6.07) is 8.21. The average molecular weight is 394 g/mol. The Hall–Kier alpha value is -3.00. The van der Waals surface area contributed by atoms with Crippen LogP contribution in [-0.4, -0.2) is 43.2 Å². The average Bonchev–Trinajstić information content (AvgIpc) is 3.12. The van der Waals surface area contributed by atoms with E-state index in [2.05, 4.69) is 32.4 Å². The van der Waals surface area contributed by atoms with Crippen LogP contribution < -0.4 is 10.9 Å². The maximum Gasteiger partial charge on any atom is 0.264 e. The molecule has 3 aromatic rings. The lowest BCUT2D eigenvalue weighted by atomic mass is 10.0. The molecule has 29 heavy (non-hydrogen) atoms. The third kappa shape index (κ3) is 4.37. The zero-order valence-corrected chi connectivity index (χ0v) is 16.7. The Bertz CT molecular complexity index is 1060. The molecule has 0 spiro atoms. The number of piperidine rings is 1. The maximum absolute atomic E-state index is 12.5. The fourth-order valence-corrected chi connectivity index (χ4v) is 3.83. The molecule has 0 saturated carbocycles. The van der Waals surface area contributed by atoms with Gasteiger partial charge in [0.25, 0.3) is 5.56 Å². The number of nitrogens with one attached hydrogen (secondary N) is 1. The van der Waals surface area contributed by atoms with Crippen molar-refractivity contribution in [1.82, 2.24) is 29.5 Å². The second-order valence-electron chi connectivity index (χ2n) is 7.57. The summed E-state index contributed by atoms with van der Waals surface area (Å²) in [5.74, 6) is -0.218. The summed E-state index contributed by atoms with van der Waals surface area (Å²) < 4.78 is 2.86. The first-order chi connectivity index (χ1) is 14.1. The third-order valence-electron chi connectivity index (χ3n) is 5.47. The monoisotopic (exact) mass is 394 g/mol. The van der Waals surface area contributed by atoms with Crippen molar-refractivity contribution in [1.29, 1.82) is 0 Å². The molecule has 1 fully saturated rings. The lowest BCUT2D eigenvalue weighted by Crippen LogP contribution is -2.33. The molecule has 3 heterocycles. The number of carbonyl (C=O) groups excluding carboxylic acids is 1. The van der Waals surface area contributed by atoms with Crippen molar-refractivity contribution in [3.8, 4) is 0 Å². The number of benzene rings is 1. The lowest BCUT2D eigenvalue weighted by Gasteiger charge is -2.27. The van der Waals surface area contributed by atoms with E-state index >= 15 is 0 Å². The van der Waals surface area contributed by atoms with Gasteiger partial charge in [-0.3, -0.25) is 23.7 Å². The van der Waals surface area contributed by atoms with Crippen molar-refractivity contribution in [2.24, 2.45) is 7.05 Å². The van der Waals surface area contributed by atoms with E-state index in [4.69, 9.17) is 0 Å². The fourth-order valence-electron chi connectivity index (χ4n) is 3.83. The number of carbonyl (C=O) groups is 1. The Morgan fingerprint density at radius 3 is 2.69 bits per heavy atom. The summed E-state index contributed by atoms with van der Waals surface area (Å²) >= 11 is 0. The van der Waals surface area contributed by atoms with Crippen LogP contribution in [0.15, 0.2) is 41.6 Å². The standard InChI is InChI=1S/C21H26N6O2/c1-25-20-18(12-24-25)21(29)27(15-23-20)14-19(28)22-11-16-7-3-4-8-17(16)13-26-9-5-2-6-10-26/h3-4,7-8,12,15H,2,5-6,9-11,13-14H2,1H3,(H,22,28). The molecule has 1 aliphatic rings. The number of aromatic nitrogens is 4. The first kappa shape index (κ1) is 19.3. The van der Waals surface area contributed by atoms with Crippen molar-refractivity contribution in [2.75, 3.05) is 13.1 Å². The largest absolute Gasteiger partial charge is 0.350 e. The number of fused-ring (bicyclic) bond motifs is 1. The van der Waals surface area contributed by atoms with E-state index in [1.54, 1.807) is 11.7 Å². The zero-order chi connectivity index (χ0) is 20.2. The Balaban J connectivity index is 1.40. The summed E-state index contributed by atoms with van der Waals surface area (Å²) in [5.41, 5.74) is 2.60. The van der Waals surface area contributed by atoms with Crippen LogP contribution in [0.5, 0.6) is 0 Å². The van der Waals surface area contributed by atoms with Crippen molar-refractivity contribution in [2.45, 2.75) is 38.9 Å². The van der Waals surface area contributed by atoms with E-state index in [0.29, 0.717) is 17.6 Å². The van der Waals surface area contributed by atoms with Crippen LogP contribution in [-0.2, 0) is 31.5 Å². The third-order valence-corrected chi connectivity index (χ3v) is 5.47. The highest BCUT2D eigenvalue weighted by Gasteiger charge is 2.14. The van der Waals surface area contributed by atoms with Gasteiger partial charge >= 0.3 is 0 Å². The van der Waals surface area contributed by atoms with Gasteiger partial charge in [0.05, 0.1) is 6.20 Å². The van der Waals surface area contributed by atoms with E-state index in [1.807, 2.05) is 12.1 Å². The minimum atomic E-state index is -0.260. The molecule has 1 aliphatic heterocycles. The minimum absolute atomic E-state index is 0.0645. The summed E-state index contributed by atoms with van der Waals surface area (Å²) in [5, 5.41) is 7.40. The van der Waals surface area contributed by atoms with Gasteiger partial charge < -0.3 is 5.32 Å². The number of likely N-dealkylation sites (tertiary alicyclic amines) is 1. The SMILES string of the molecule is Cn1ncc2c(=O)n(CC(=O)NCc3ccccc3CN3CCCCC3)cnc21. The van der Waals surface area contributed by atoms with Crippen LogP contribution in [0.4, 0.5) is 0 Å². The van der Waals surface area contributed by atoms with Gasteiger partial charge in [0.15, 0.2) is 5.65 Å². The number of hydrogen-bond donors (Lipinski definition) is 1. The van der Waals surface area contributed by atoms with E-state index in [1.165, 1.54) is 41.9 Å². The first-order valence-corrected chi connectivity index (χ1v) is 10.0. The molecule has 1 saturated heterocycles. The summed E-state index contributed by atoms with van der Waals surface area (Å²) in [7, 11) is 1.73. The molecule has 1 aromatic carbocycles. The minimum Gasteiger partial charge on any atom is -0.350 e. The van der Waals surface area contributed by atoms with Crippen molar-refractivity contribution >= 4 is 16.9 Å². The molecule has 0 radical (unpaired) electrons. The van der Waals surface area contributed by atoms with Crippen LogP contribution in [0.25, 0.3) is 11.0 Å². The van der Waals surface area contributed by atoms with Crippen molar-refractivity contribution < 1.29 is 4.79 Å². The first-order valence-electron chi connectivity index (χ1n) is 10.0. The fraction of sp³-hybridized carbons (Fsp3) is 0.429. The van der Waals surface area contributed by atoms with Gasteiger partial charge in [-0.05, 0) is 37.1 Å². The van der Waals surface area contributed by atoms with Gasteiger partial charge in [-0.25, -0.2) is 4.98 Å². The molecule has 152 valence electrons. The second-order valence-corrected chi connectivity index (χ2v) is 7.57. The maximum atomic E-state index is 12.5. The van der Waals surface area contributed by atoms with E-state index in [0.717, 1.165) is 25.2 Å². The Morgan fingerprint density at radius 2 is 1.90 bits per heavy atom. The molecule has 0 aliphatic carbocycles. The Morgan fingerprint density at radius 1 is 1.14 bits per heavy atom. The second kappa shape index (κ2) is 8.57. The Labute approximate surface area is 169 Å². The van der Waals surface area contributed by atoms with Gasteiger partial charge in [-0.1, -0.05) is 30.7 Å². The summed E-state index contributed by atoms with van der Waals surface area (Å²) in [6.45, 7) is 3.55. The smallest absolute Gasteiger partial charge is 0.264 e. The molecule has 8 nitrogen and oxygen atoms in total. The number of aryl methyl sites for hydroxylation is 1. The van der Waals surface area contributed by atoms with Crippen LogP contribution in [0.3, 0.4) is 0 Å². The highest BCUT2D eigenvalue weighted by molar-refractivity contribution is 5.77. The molecule has 2 aromatic heterocycles. The summed E-state index contributed by atoms with van der Waals surface area (Å²) in [4.78, 5) is 31.7. The molecule has 0 unspecified atom stereocenters. The predicted octanol–water partition coefficient (Wildman–Crippen LogP) is 1.43. The highest BCUT2D eigenvalue weighted by atomic mass is 16.2. The van der Waals surface area contributed by atoms with Crippen LogP contribution >= 0.6 is 0 Å². The predicted molar refractivity (Wildman–Crippen MR) is 110 cm³/mol. The zero-order valence-electron chi connectivity index (χ0n) is 16.7. The van der Waals surface area contributed by atoms with Crippen LogP contribution in [0.2, 0.25) is 0 Å². The lowest BCUT2D eigenvalue weighted by molar-refractivity contribution is -0.121. The van der Waals surface area contributed by atoms with Crippen molar-refractivity contribution in [3.63, 3.8) is 0 Å². The topological polar surface area (TPSA) is 85.0 Å². The highest BCUT2D eigenvalue weighted by Crippen LogP contribution is 2.16. The molecular weight excluding hydrogens is 368 g/mol. The molecule has 1 N–H and O–H groups in total. The number of nitrogens with zero attached hydrogens (tertiary/aromatic N) is 5. The molecule has 0 atom stereocenters. The quantitative estimate of drug-likeness (QED) is 0.684. The van der Waals surface area contributed by atoms with Gasteiger partial charge in [0.2, 0.25) is 5.91 Å². The molecular formula is C21H26N6O2. The van der Waals surface area contributed by atoms with Crippen LogP contribution in [0, 0.1) is 0 Å². The summed E-state index contributed by atoms with van der Waals surface area (Å²) in [6.07, 6.45) is 6.70. The molecule has 8 heteroatoms. The normalized spacial score (nSPS) is 14.9.